The van der Waals surface area contributed by atoms with Gasteiger partial charge < -0.3 is 10.6 Å². The number of Topliss-reactive ketones (excluding diaryl/α,β-unsaturated/α-hetero) is 1. The van der Waals surface area contributed by atoms with E-state index in [2.05, 4.69) is 10.6 Å². The topological polar surface area (TPSA) is 58.2 Å². The van der Waals surface area contributed by atoms with Gasteiger partial charge in [-0.2, -0.15) is 0 Å². The lowest BCUT2D eigenvalue weighted by atomic mass is 10.1. The van der Waals surface area contributed by atoms with Crippen molar-refractivity contribution in [2.45, 2.75) is 13.1 Å². The van der Waals surface area contributed by atoms with Crippen molar-refractivity contribution in [2.75, 3.05) is 5.32 Å². The Balaban J connectivity index is 1.83. The molecule has 1 atom stereocenters. The van der Waals surface area contributed by atoms with Crippen LogP contribution in [0.25, 0.3) is 0 Å². The summed E-state index contributed by atoms with van der Waals surface area (Å²) in [6.07, 6.45) is -0.847. The maximum absolute atomic E-state index is 12.8. The van der Waals surface area contributed by atoms with Crippen LogP contribution in [0.4, 0.5) is 5.69 Å². The fourth-order valence-corrected chi connectivity index (χ4v) is 2.99. The SMILES string of the molecule is Cc1ccc(N[C@@H](NC(=O)c2cccs2)C(=O)c2ccccc2)cc1. The van der Waals surface area contributed by atoms with Crippen LogP contribution in [0.5, 0.6) is 0 Å². The first-order valence-electron chi connectivity index (χ1n) is 7.90. The lowest BCUT2D eigenvalue weighted by molar-refractivity contribution is 0.0872. The fraction of sp³-hybridized carbons (Fsp3) is 0.100. The number of thiophene rings is 1. The number of ketones is 1. The van der Waals surface area contributed by atoms with E-state index in [4.69, 9.17) is 0 Å². The lowest BCUT2D eigenvalue weighted by Crippen LogP contribution is -2.46. The summed E-state index contributed by atoms with van der Waals surface area (Å²) in [7, 11) is 0. The van der Waals surface area contributed by atoms with Crippen LogP contribution in [-0.2, 0) is 0 Å². The Morgan fingerprint density at radius 2 is 1.64 bits per heavy atom. The second-order valence-corrected chi connectivity index (χ2v) is 6.57. The summed E-state index contributed by atoms with van der Waals surface area (Å²) in [4.78, 5) is 25.8. The second kappa shape index (κ2) is 7.77. The summed E-state index contributed by atoms with van der Waals surface area (Å²) in [5.74, 6) is -0.463. The van der Waals surface area contributed by atoms with E-state index in [9.17, 15) is 9.59 Å². The molecule has 0 unspecified atom stereocenters. The molecular weight excluding hydrogens is 332 g/mol. The van der Waals surface area contributed by atoms with Crippen LogP contribution in [0, 0.1) is 6.92 Å². The summed E-state index contributed by atoms with van der Waals surface area (Å²) in [6, 6.07) is 20.2. The Kier molecular flexibility index (Phi) is 5.26. The van der Waals surface area contributed by atoms with E-state index in [1.165, 1.54) is 11.3 Å². The third-order valence-corrected chi connectivity index (χ3v) is 4.57. The van der Waals surface area contributed by atoms with E-state index in [0.717, 1.165) is 11.3 Å². The Hall–Kier alpha value is -2.92. The third-order valence-electron chi connectivity index (χ3n) is 3.70. The molecule has 2 N–H and O–H groups in total. The van der Waals surface area contributed by atoms with E-state index in [0.29, 0.717) is 10.4 Å². The number of aryl methyl sites for hydroxylation is 1. The van der Waals surface area contributed by atoms with Crippen molar-refractivity contribution in [1.29, 1.82) is 0 Å². The van der Waals surface area contributed by atoms with Crippen LogP contribution in [0.15, 0.2) is 72.1 Å². The third kappa shape index (κ3) is 4.33. The molecule has 0 fully saturated rings. The molecule has 0 aliphatic rings. The van der Waals surface area contributed by atoms with Crippen molar-refractivity contribution in [3.05, 3.63) is 88.1 Å². The van der Waals surface area contributed by atoms with Gasteiger partial charge in [-0.25, -0.2) is 0 Å². The summed E-state index contributed by atoms with van der Waals surface area (Å²) in [6.45, 7) is 1.99. The van der Waals surface area contributed by atoms with Crippen molar-refractivity contribution in [3.8, 4) is 0 Å². The van der Waals surface area contributed by atoms with Crippen LogP contribution in [0.1, 0.15) is 25.6 Å². The molecule has 1 aromatic heterocycles. The summed E-state index contributed by atoms with van der Waals surface area (Å²) in [5.41, 5.74) is 2.43. The number of hydrogen-bond donors (Lipinski definition) is 2. The monoisotopic (exact) mass is 350 g/mol. The van der Waals surface area contributed by atoms with Crippen LogP contribution in [0.2, 0.25) is 0 Å². The molecular formula is C20H18N2O2S. The van der Waals surface area contributed by atoms with Gasteiger partial charge in [-0.3, -0.25) is 9.59 Å². The van der Waals surface area contributed by atoms with Crippen molar-refractivity contribution in [2.24, 2.45) is 0 Å². The zero-order valence-corrected chi connectivity index (χ0v) is 14.5. The number of amides is 1. The van der Waals surface area contributed by atoms with E-state index in [-0.39, 0.29) is 11.7 Å². The first-order chi connectivity index (χ1) is 12.1. The largest absolute Gasteiger partial charge is 0.359 e. The smallest absolute Gasteiger partial charge is 0.263 e. The first kappa shape index (κ1) is 16.9. The van der Waals surface area contributed by atoms with Gasteiger partial charge in [-0.15, -0.1) is 11.3 Å². The van der Waals surface area contributed by atoms with Crippen molar-refractivity contribution in [1.82, 2.24) is 5.32 Å². The predicted octanol–water partition coefficient (Wildman–Crippen LogP) is 4.11. The molecule has 5 heteroatoms. The standard InChI is InChI=1S/C20H18N2O2S/c1-14-9-11-16(12-10-14)21-19(18(23)15-6-3-2-4-7-15)22-20(24)17-8-5-13-25-17/h2-13,19,21H,1H3,(H,22,24)/t19-/m0/s1. The molecule has 25 heavy (non-hydrogen) atoms. The maximum atomic E-state index is 12.8. The zero-order valence-electron chi connectivity index (χ0n) is 13.7. The Labute approximate surface area is 150 Å². The zero-order chi connectivity index (χ0) is 17.6. The minimum atomic E-state index is -0.847. The van der Waals surface area contributed by atoms with Crippen molar-refractivity contribution >= 4 is 28.7 Å². The van der Waals surface area contributed by atoms with Gasteiger partial charge in [0.15, 0.2) is 6.17 Å². The van der Waals surface area contributed by atoms with Crippen molar-refractivity contribution in [3.63, 3.8) is 0 Å². The van der Waals surface area contributed by atoms with Gasteiger partial charge >= 0.3 is 0 Å². The van der Waals surface area contributed by atoms with E-state index in [1.807, 2.05) is 42.6 Å². The molecule has 0 saturated carbocycles. The number of rotatable bonds is 6. The minimum absolute atomic E-state index is 0.189. The predicted molar refractivity (Wildman–Crippen MR) is 101 cm³/mol. The molecule has 0 bridgehead atoms. The lowest BCUT2D eigenvalue weighted by Gasteiger charge is -2.20. The molecule has 1 heterocycles. The number of carbonyl (C=O) groups is 2. The van der Waals surface area contributed by atoms with Crippen molar-refractivity contribution < 1.29 is 9.59 Å². The number of carbonyl (C=O) groups excluding carboxylic acids is 2. The van der Waals surface area contributed by atoms with Gasteiger partial charge in [0.2, 0.25) is 5.78 Å². The molecule has 0 saturated heterocycles. The van der Waals surface area contributed by atoms with Crippen LogP contribution < -0.4 is 10.6 Å². The highest BCUT2D eigenvalue weighted by atomic mass is 32.1. The highest BCUT2D eigenvalue weighted by Gasteiger charge is 2.23. The molecule has 0 spiro atoms. The van der Waals surface area contributed by atoms with E-state index >= 15 is 0 Å². The summed E-state index contributed by atoms with van der Waals surface area (Å²) < 4.78 is 0. The average Bonchev–Trinajstić information content (AvgIpc) is 3.18. The maximum Gasteiger partial charge on any atom is 0.263 e. The Morgan fingerprint density at radius 3 is 2.28 bits per heavy atom. The number of benzene rings is 2. The molecule has 3 rings (SSSR count). The van der Waals surface area contributed by atoms with Gasteiger partial charge in [0, 0.05) is 11.3 Å². The number of hydrogen-bond acceptors (Lipinski definition) is 4. The molecule has 0 radical (unpaired) electrons. The van der Waals surface area contributed by atoms with Crippen LogP contribution in [0.3, 0.4) is 0 Å². The Morgan fingerprint density at radius 1 is 0.920 bits per heavy atom. The average molecular weight is 350 g/mol. The second-order valence-electron chi connectivity index (χ2n) is 5.62. The van der Waals surface area contributed by atoms with Gasteiger partial charge in [0.05, 0.1) is 4.88 Å². The van der Waals surface area contributed by atoms with Gasteiger partial charge in [0.25, 0.3) is 5.91 Å². The molecule has 126 valence electrons. The van der Waals surface area contributed by atoms with Crippen LogP contribution >= 0.6 is 11.3 Å². The fourth-order valence-electron chi connectivity index (χ4n) is 2.36. The number of anilines is 1. The Bertz CT molecular complexity index is 843. The molecule has 0 aliphatic heterocycles. The minimum Gasteiger partial charge on any atom is -0.359 e. The molecule has 3 aromatic rings. The molecule has 0 aliphatic carbocycles. The normalized spacial score (nSPS) is 11.6. The molecule has 1 amide bonds. The number of nitrogens with one attached hydrogen (secondary N) is 2. The van der Waals surface area contributed by atoms with Crippen LogP contribution in [-0.4, -0.2) is 17.9 Å². The summed E-state index contributed by atoms with van der Waals surface area (Å²) >= 11 is 1.34. The van der Waals surface area contributed by atoms with E-state index < -0.39 is 6.17 Å². The van der Waals surface area contributed by atoms with Gasteiger partial charge in [-0.05, 0) is 30.5 Å². The van der Waals surface area contributed by atoms with Gasteiger partial charge in [-0.1, -0.05) is 54.1 Å². The summed E-state index contributed by atoms with van der Waals surface area (Å²) in [5, 5.41) is 7.74. The molecule has 2 aromatic carbocycles. The quantitative estimate of drug-likeness (QED) is 0.520. The highest BCUT2D eigenvalue weighted by Crippen LogP contribution is 2.14. The van der Waals surface area contributed by atoms with Gasteiger partial charge in [0.1, 0.15) is 0 Å². The van der Waals surface area contributed by atoms with E-state index in [1.54, 1.807) is 36.4 Å². The first-order valence-corrected chi connectivity index (χ1v) is 8.78. The highest BCUT2D eigenvalue weighted by molar-refractivity contribution is 7.12. The molecule has 4 nitrogen and oxygen atoms in total.